The van der Waals surface area contributed by atoms with Crippen LogP contribution in [0.1, 0.15) is 17.0 Å². The van der Waals surface area contributed by atoms with Gasteiger partial charge in [0, 0.05) is 44.5 Å². The lowest BCUT2D eigenvalue weighted by atomic mass is 10.2. The molecule has 0 saturated carbocycles. The summed E-state index contributed by atoms with van der Waals surface area (Å²) in [5.74, 6) is 0.440. The minimum Gasteiger partial charge on any atom is -0.339 e. The number of aromatic nitrogens is 4. The fourth-order valence-corrected chi connectivity index (χ4v) is 3.75. The Bertz CT molecular complexity index is 1080. The van der Waals surface area contributed by atoms with E-state index in [1.165, 1.54) is 16.3 Å². The number of benzene rings is 1. The average molecular weight is 406 g/mol. The number of piperazine rings is 1. The van der Waals surface area contributed by atoms with Crippen molar-refractivity contribution < 1.29 is 4.79 Å². The largest absolute Gasteiger partial charge is 0.339 e. The molecule has 0 aliphatic carbocycles. The highest BCUT2D eigenvalue weighted by molar-refractivity contribution is 5.76. The molecule has 1 aliphatic heterocycles. The topological polar surface area (TPSA) is 76.3 Å². The molecule has 0 atom stereocenters. The highest BCUT2D eigenvalue weighted by atomic mass is 16.2. The van der Waals surface area contributed by atoms with Crippen LogP contribution in [0.15, 0.2) is 53.3 Å². The van der Waals surface area contributed by atoms with Gasteiger partial charge in [-0.3, -0.25) is 14.5 Å². The second-order valence-electron chi connectivity index (χ2n) is 7.67. The average Bonchev–Trinajstić information content (AvgIpc) is 3.09. The first-order valence-electron chi connectivity index (χ1n) is 10.2. The molecule has 30 heavy (non-hydrogen) atoms. The summed E-state index contributed by atoms with van der Waals surface area (Å²) in [6.45, 7) is 7.58. The van der Waals surface area contributed by atoms with Gasteiger partial charge in [-0.25, -0.2) is 9.36 Å². The van der Waals surface area contributed by atoms with Gasteiger partial charge in [-0.2, -0.15) is 5.10 Å². The van der Waals surface area contributed by atoms with E-state index in [9.17, 15) is 9.59 Å². The van der Waals surface area contributed by atoms with E-state index in [0.717, 1.165) is 31.0 Å². The van der Waals surface area contributed by atoms with Crippen LogP contribution in [-0.2, 0) is 17.9 Å². The predicted octanol–water partition coefficient (Wildman–Crippen LogP) is 1.39. The fourth-order valence-electron chi connectivity index (χ4n) is 3.75. The molecule has 1 aromatic carbocycles. The summed E-state index contributed by atoms with van der Waals surface area (Å²) in [6.07, 6.45) is 0. The van der Waals surface area contributed by atoms with Gasteiger partial charge in [0.1, 0.15) is 6.54 Å². The Balaban J connectivity index is 1.39. The van der Waals surface area contributed by atoms with Gasteiger partial charge < -0.3 is 4.90 Å². The van der Waals surface area contributed by atoms with E-state index >= 15 is 0 Å². The lowest BCUT2D eigenvalue weighted by Crippen LogP contribution is -2.49. The number of rotatable bonds is 5. The Kier molecular flexibility index (Phi) is 5.76. The smallest absolute Gasteiger partial charge is 0.267 e. The van der Waals surface area contributed by atoms with E-state index in [1.54, 1.807) is 10.7 Å². The van der Waals surface area contributed by atoms with Crippen molar-refractivity contribution in [3.8, 4) is 5.82 Å². The monoisotopic (exact) mass is 406 g/mol. The summed E-state index contributed by atoms with van der Waals surface area (Å²) in [5.41, 5.74) is 2.77. The third-order valence-corrected chi connectivity index (χ3v) is 5.34. The normalized spacial score (nSPS) is 14.8. The molecule has 2 aromatic heterocycles. The molecule has 0 N–H and O–H groups in total. The van der Waals surface area contributed by atoms with Crippen LogP contribution in [0.3, 0.4) is 0 Å². The molecule has 1 fully saturated rings. The van der Waals surface area contributed by atoms with E-state index in [0.29, 0.717) is 18.9 Å². The predicted molar refractivity (Wildman–Crippen MR) is 113 cm³/mol. The molecule has 0 bridgehead atoms. The van der Waals surface area contributed by atoms with Gasteiger partial charge in [-0.05, 0) is 31.5 Å². The molecule has 0 unspecified atom stereocenters. The first kappa shape index (κ1) is 20.0. The SMILES string of the molecule is Cc1cc(C)n(-c2ccc(=O)n(CC(=O)N3CCN(Cc4ccccc4)CC3)n2)n1. The Hall–Kier alpha value is -3.26. The van der Waals surface area contributed by atoms with Gasteiger partial charge in [0.2, 0.25) is 5.91 Å². The van der Waals surface area contributed by atoms with Crippen LogP contribution in [0.5, 0.6) is 0 Å². The molecule has 4 rings (SSSR count). The maximum atomic E-state index is 12.8. The van der Waals surface area contributed by atoms with Crippen LogP contribution >= 0.6 is 0 Å². The number of carbonyl (C=O) groups is 1. The third-order valence-electron chi connectivity index (χ3n) is 5.34. The van der Waals surface area contributed by atoms with E-state index in [4.69, 9.17) is 0 Å². The van der Waals surface area contributed by atoms with Gasteiger partial charge in [-0.1, -0.05) is 30.3 Å². The van der Waals surface area contributed by atoms with Gasteiger partial charge in [0.05, 0.1) is 5.69 Å². The van der Waals surface area contributed by atoms with Crippen molar-refractivity contribution in [2.75, 3.05) is 26.2 Å². The van der Waals surface area contributed by atoms with Crippen molar-refractivity contribution in [1.82, 2.24) is 29.4 Å². The quantitative estimate of drug-likeness (QED) is 0.640. The Morgan fingerprint density at radius 1 is 0.967 bits per heavy atom. The molecule has 8 nitrogen and oxygen atoms in total. The number of carbonyl (C=O) groups excluding carboxylic acids is 1. The zero-order valence-electron chi connectivity index (χ0n) is 17.4. The highest BCUT2D eigenvalue weighted by Gasteiger charge is 2.22. The number of hydrogen-bond acceptors (Lipinski definition) is 5. The highest BCUT2D eigenvalue weighted by Crippen LogP contribution is 2.10. The Morgan fingerprint density at radius 3 is 2.37 bits per heavy atom. The van der Waals surface area contributed by atoms with Gasteiger partial charge in [0.15, 0.2) is 5.82 Å². The van der Waals surface area contributed by atoms with Crippen LogP contribution < -0.4 is 5.56 Å². The lowest BCUT2D eigenvalue weighted by Gasteiger charge is -2.34. The van der Waals surface area contributed by atoms with Crippen molar-refractivity contribution >= 4 is 5.91 Å². The second kappa shape index (κ2) is 8.62. The zero-order valence-corrected chi connectivity index (χ0v) is 17.4. The van der Waals surface area contributed by atoms with Crippen LogP contribution in [0.25, 0.3) is 5.82 Å². The molecule has 3 heterocycles. The molecular weight excluding hydrogens is 380 g/mol. The Labute approximate surface area is 175 Å². The first-order chi connectivity index (χ1) is 14.5. The molecule has 0 spiro atoms. The molecular formula is C22H26N6O2. The summed E-state index contributed by atoms with van der Waals surface area (Å²) in [4.78, 5) is 29.2. The maximum absolute atomic E-state index is 12.8. The molecule has 1 amide bonds. The van der Waals surface area contributed by atoms with Crippen molar-refractivity contribution in [1.29, 1.82) is 0 Å². The van der Waals surface area contributed by atoms with E-state index < -0.39 is 0 Å². The number of hydrogen-bond donors (Lipinski definition) is 0. The minimum atomic E-state index is -0.295. The summed E-state index contributed by atoms with van der Waals surface area (Å²) in [5, 5.41) is 8.77. The number of aryl methyl sites for hydroxylation is 2. The molecule has 1 aliphatic rings. The summed E-state index contributed by atoms with van der Waals surface area (Å²) in [6, 6.07) is 15.3. The zero-order chi connectivity index (χ0) is 21.1. The number of amides is 1. The molecule has 156 valence electrons. The summed E-state index contributed by atoms with van der Waals surface area (Å²) in [7, 11) is 0. The second-order valence-corrected chi connectivity index (χ2v) is 7.67. The molecule has 3 aromatic rings. The lowest BCUT2D eigenvalue weighted by molar-refractivity contribution is -0.133. The van der Waals surface area contributed by atoms with Crippen molar-refractivity contribution in [3.05, 3.63) is 75.8 Å². The van der Waals surface area contributed by atoms with E-state index in [2.05, 4.69) is 27.2 Å². The molecule has 1 saturated heterocycles. The minimum absolute atomic E-state index is 0.0648. The third kappa shape index (κ3) is 4.49. The van der Waals surface area contributed by atoms with Crippen molar-refractivity contribution in [2.45, 2.75) is 26.9 Å². The number of nitrogens with zero attached hydrogens (tertiary/aromatic N) is 6. The van der Waals surface area contributed by atoms with Crippen LogP contribution in [-0.4, -0.2) is 61.4 Å². The van der Waals surface area contributed by atoms with E-state index in [1.807, 2.05) is 43.0 Å². The van der Waals surface area contributed by atoms with Gasteiger partial charge in [0.25, 0.3) is 5.56 Å². The standard InChI is InChI=1S/C22H26N6O2/c1-17-14-18(2)28(23-17)20-8-9-21(29)27(24-20)16-22(30)26-12-10-25(11-13-26)15-19-6-4-3-5-7-19/h3-9,14H,10-13,15-16H2,1-2H3. The van der Waals surface area contributed by atoms with Crippen LogP contribution in [0.2, 0.25) is 0 Å². The fraction of sp³-hybridized carbons (Fsp3) is 0.364. The summed E-state index contributed by atoms with van der Waals surface area (Å²) >= 11 is 0. The van der Waals surface area contributed by atoms with Gasteiger partial charge in [-0.15, -0.1) is 5.10 Å². The van der Waals surface area contributed by atoms with Crippen LogP contribution in [0.4, 0.5) is 0 Å². The van der Waals surface area contributed by atoms with Crippen molar-refractivity contribution in [2.24, 2.45) is 0 Å². The molecule has 0 radical (unpaired) electrons. The molecule has 8 heteroatoms. The Morgan fingerprint density at radius 2 is 1.70 bits per heavy atom. The van der Waals surface area contributed by atoms with Gasteiger partial charge >= 0.3 is 0 Å². The summed E-state index contributed by atoms with van der Waals surface area (Å²) < 4.78 is 2.91. The van der Waals surface area contributed by atoms with E-state index in [-0.39, 0.29) is 18.0 Å². The van der Waals surface area contributed by atoms with Crippen molar-refractivity contribution in [3.63, 3.8) is 0 Å². The maximum Gasteiger partial charge on any atom is 0.267 e. The van der Waals surface area contributed by atoms with Crippen LogP contribution in [0, 0.1) is 13.8 Å². The first-order valence-corrected chi connectivity index (χ1v) is 10.2.